The molecule has 1 N–H and O–H groups in total. The molecule has 236 valence electrons. The maximum Gasteiger partial charge on any atom is 0.264 e. The van der Waals surface area contributed by atoms with Gasteiger partial charge in [0.2, 0.25) is 11.8 Å². The molecule has 0 spiro atoms. The summed E-state index contributed by atoms with van der Waals surface area (Å²) in [5.74, 6) is -1.82. The normalized spacial score (nSPS) is 12.6. The fraction of sp³-hybridized carbons (Fsp3) is 0.257. The van der Waals surface area contributed by atoms with Gasteiger partial charge in [0.05, 0.1) is 10.6 Å². The van der Waals surface area contributed by atoms with Crippen LogP contribution in [0.5, 0.6) is 0 Å². The number of hydrogen-bond acceptors (Lipinski definition) is 4. The second-order valence-corrected chi connectivity index (χ2v) is 13.7. The Morgan fingerprint density at radius 1 is 0.889 bits per heavy atom. The molecule has 0 heterocycles. The first kappa shape index (κ1) is 33.9. The molecule has 0 fully saturated rings. The van der Waals surface area contributed by atoms with E-state index in [1.54, 1.807) is 12.1 Å². The Labute approximate surface area is 273 Å². The lowest BCUT2D eigenvalue weighted by Gasteiger charge is -2.34. The minimum atomic E-state index is -4.39. The fourth-order valence-corrected chi connectivity index (χ4v) is 6.70. The van der Waals surface area contributed by atoms with Gasteiger partial charge in [0.1, 0.15) is 18.4 Å². The zero-order chi connectivity index (χ0) is 32.6. The molecule has 4 aromatic rings. The van der Waals surface area contributed by atoms with Gasteiger partial charge in [-0.05, 0) is 67.8 Å². The van der Waals surface area contributed by atoms with E-state index in [1.165, 1.54) is 35.2 Å². The summed E-state index contributed by atoms with van der Waals surface area (Å²) in [5.41, 5.74) is 2.13. The predicted molar refractivity (Wildman–Crippen MR) is 179 cm³/mol. The summed E-state index contributed by atoms with van der Waals surface area (Å²) in [4.78, 5) is 29.6. The quantitative estimate of drug-likeness (QED) is 0.170. The van der Waals surface area contributed by atoms with E-state index < -0.39 is 34.3 Å². The van der Waals surface area contributed by atoms with E-state index in [1.807, 2.05) is 75.4 Å². The maximum absolute atomic E-state index is 15.2. The van der Waals surface area contributed by atoms with Crippen LogP contribution in [-0.4, -0.2) is 43.8 Å². The van der Waals surface area contributed by atoms with Gasteiger partial charge in [-0.15, -0.1) is 0 Å². The summed E-state index contributed by atoms with van der Waals surface area (Å²) in [7, 11) is -4.39. The van der Waals surface area contributed by atoms with E-state index >= 15 is 4.39 Å². The van der Waals surface area contributed by atoms with E-state index in [0.29, 0.717) is 6.42 Å². The van der Waals surface area contributed by atoms with Crippen molar-refractivity contribution in [1.82, 2.24) is 10.2 Å². The number of hydrogen-bond donors (Lipinski definition) is 1. The minimum absolute atomic E-state index is 0.0133. The van der Waals surface area contributed by atoms with E-state index in [9.17, 15) is 18.0 Å². The van der Waals surface area contributed by atoms with Crippen LogP contribution in [0.4, 0.5) is 10.1 Å². The highest BCUT2D eigenvalue weighted by Gasteiger charge is 2.35. The number of para-hydroxylation sites is 1. The molecular weight excluding hydrogens is 657 g/mol. The van der Waals surface area contributed by atoms with Crippen molar-refractivity contribution < 1.29 is 22.4 Å². The molecule has 0 bridgehead atoms. The van der Waals surface area contributed by atoms with Crippen LogP contribution in [0, 0.1) is 12.7 Å². The second kappa shape index (κ2) is 15.3. The first-order valence-electron chi connectivity index (χ1n) is 14.7. The Bertz CT molecular complexity index is 1720. The summed E-state index contributed by atoms with van der Waals surface area (Å²) in [5, 5.41) is 3.00. The molecule has 0 aliphatic rings. The molecule has 0 aliphatic carbocycles. The molecule has 0 unspecified atom stereocenters. The molecule has 0 aliphatic heterocycles. The molecule has 45 heavy (non-hydrogen) atoms. The number of amides is 2. The smallest absolute Gasteiger partial charge is 0.264 e. The van der Waals surface area contributed by atoms with Crippen LogP contribution >= 0.6 is 15.9 Å². The van der Waals surface area contributed by atoms with Gasteiger partial charge in [-0.1, -0.05) is 95.1 Å². The number of aryl methyl sites for hydroxylation is 1. The molecule has 0 radical (unpaired) electrons. The summed E-state index contributed by atoms with van der Waals surface area (Å²) in [6, 6.07) is 27.1. The van der Waals surface area contributed by atoms with Crippen molar-refractivity contribution >= 4 is 43.5 Å². The Morgan fingerprint density at radius 2 is 1.53 bits per heavy atom. The highest BCUT2D eigenvalue weighted by molar-refractivity contribution is 9.10. The molecular formula is C35H37BrFN3O4S. The predicted octanol–water partition coefficient (Wildman–Crippen LogP) is 6.65. The van der Waals surface area contributed by atoms with E-state index in [-0.39, 0.29) is 35.5 Å². The van der Waals surface area contributed by atoms with Gasteiger partial charge in [0, 0.05) is 23.5 Å². The molecule has 0 aromatic heterocycles. The number of carbonyl (C=O) groups excluding carboxylic acids is 2. The van der Waals surface area contributed by atoms with Crippen molar-refractivity contribution in [2.45, 2.75) is 57.1 Å². The number of nitrogens with one attached hydrogen (secondary N) is 1. The maximum atomic E-state index is 15.2. The lowest BCUT2D eigenvalue weighted by Crippen LogP contribution is -2.54. The average molecular weight is 695 g/mol. The monoisotopic (exact) mass is 693 g/mol. The first-order chi connectivity index (χ1) is 21.5. The largest absolute Gasteiger partial charge is 0.352 e. The third kappa shape index (κ3) is 8.79. The summed E-state index contributed by atoms with van der Waals surface area (Å²) < 4.78 is 44.9. The zero-order valence-electron chi connectivity index (χ0n) is 25.5. The van der Waals surface area contributed by atoms with Crippen LogP contribution in [-0.2, 0) is 32.6 Å². The van der Waals surface area contributed by atoms with Crippen LogP contribution < -0.4 is 9.62 Å². The number of sulfonamides is 1. The molecule has 4 aromatic carbocycles. The Kier molecular flexibility index (Phi) is 11.5. The zero-order valence-corrected chi connectivity index (χ0v) is 27.9. The average Bonchev–Trinajstić information content (AvgIpc) is 3.02. The van der Waals surface area contributed by atoms with Gasteiger partial charge in [-0.3, -0.25) is 13.9 Å². The standard InChI is InChI=1S/C35H37BrFN3O4S/c1-4-26(3)38-35(42)33(22-27-11-6-5-7-12-27)39(23-28-13-10-14-29(36)21-28)34(41)24-40(32-16-9-8-15-31(32)37)45(43,44)30-19-17-25(2)18-20-30/h5-21,26,33H,4,22-24H2,1-3H3,(H,38,42)/t26-,33+/m0/s1. The lowest BCUT2D eigenvalue weighted by molar-refractivity contribution is -0.140. The van der Waals surface area contributed by atoms with Gasteiger partial charge < -0.3 is 10.2 Å². The fourth-order valence-electron chi connectivity index (χ4n) is 4.83. The topological polar surface area (TPSA) is 86.8 Å². The summed E-state index contributed by atoms with van der Waals surface area (Å²) in [6.07, 6.45) is 0.868. The second-order valence-electron chi connectivity index (χ2n) is 11.0. The third-order valence-corrected chi connectivity index (χ3v) is 9.79. The van der Waals surface area contributed by atoms with Crippen molar-refractivity contribution in [1.29, 1.82) is 0 Å². The first-order valence-corrected chi connectivity index (χ1v) is 16.9. The van der Waals surface area contributed by atoms with Gasteiger partial charge >= 0.3 is 0 Å². The summed E-state index contributed by atoms with van der Waals surface area (Å²) >= 11 is 3.47. The van der Waals surface area contributed by atoms with Gasteiger partial charge in [0.15, 0.2) is 0 Å². The molecule has 2 amide bonds. The minimum Gasteiger partial charge on any atom is -0.352 e. The highest BCUT2D eigenvalue weighted by atomic mass is 79.9. The summed E-state index contributed by atoms with van der Waals surface area (Å²) in [6.45, 7) is 4.94. The van der Waals surface area contributed by atoms with Crippen LogP contribution in [0.15, 0.2) is 112 Å². The molecule has 7 nitrogen and oxygen atoms in total. The van der Waals surface area contributed by atoms with Gasteiger partial charge in [0.25, 0.3) is 10.0 Å². The molecule has 0 saturated heterocycles. The van der Waals surface area contributed by atoms with Gasteiger partial charge in [-0.25, -0.2) is 12.8 Å². The number of carbonyl (C=O) groups is 2. The Balaban J connectivity index is 1.82. The Morgan fingerprint density at radius 3 is 2.18 bits per heavy atom. The SMILES string of the molecule is CC[C@H](C)NC(=O)[C@@H](Cc1ccccc1)N(Cc1cccc(Br)c1)C(=O)CN(c1ccccc1F)S(=O)(=O)c1ccc(C)cc1. The molecule has 0 saturated carbocycles. The number of nitrogens with zero attached hydrogens (tertiary/aromatic N) is 2. The molecule has 2 atom stereocenters. The number of halogens is 2. The molecule has 10 heteroatoms. The number of benzene rings is 4. The molecule has 4 rings (SSSR count). The van der Waals surface area contributed by atoms with Crippen LogP contribution in [0.2, 0.25) is 0 Å². The van der Waals surface area contributed by atoms with Crippen LogP contribution in [0.25, 0.3) is 0 Å². The van der Waals surface area contributed by atoms with Crippen molar-refractivity contribution in [3.8, 4) is 0 Å². The Hall–Kier alpha value is -4.02. The van der Waals surface area contributed by atoms with Gasteiger partial charge in [-0.2, -0.15) is 0 Å². The van der Waals surface area contributed by atoms with Crippen molar-refractivity contribution in [3.63, 3.8) is 0 Å². The van der Waals surface area contributed by atoms with E-state index in [0.717, 1.165) is 31.5 Å². The highest BCUT2D eigenvalue weighted by Crippen LogP contribution is 2.28. The lowest BCUT2D eigenvalue weighted by atomic mass is 10.0. The number of anilines is 1. The van der Waals surface area contributed by atoms with E-state index in [4.69, 9.17) is 0 Å². The van der Waals surface area contributed by atoms with Crippen molar-refractivity contribution in [3.05, 3.63) is 130 Å². The van der Waals surface area contributed by atoms with Crippen molar-refractivity contribution in [2.75, 3.05) is 10.8 Å². The van der Waals surface area contributed by atoms with Crippen molar-refractivity contribution in [2.24, 2.45) is 0 Å². The third-order valence-electron chi connectivity index (χ3n) is 7.52. The van der Waals surface area contributed by atoms with Crippen LogP contribution in [0.3, 0.4) is 0 Å². The van der Waals surface area contributed by atoms with E-state index in [2.05, 4.69) is 21.2 Å². The number of rotatable bonds is 13. The van der Waals surface area contributed by atoms with Crippen LogP contribution in [0.1, 0.15) is 37.0 Å².